The third kappa shape index (κ3) is 4.29. The number of thioether (sulfide) groups is 1. The Morgan fingerprint density at radius 1 is 1.40 bits per heavy atom. The molecule has 0 unspecified atom stereocenters. The summed E-state index contributed by atoms with van der Waals surface area (Å²) in [5.41, 5.74) is 1.12. The van der Waals surface area contributed by atoms with Crippen molar-refractivity contribution in [2.24, 2.45) is 7.05 Å². The molecule has 2 aromatic rings. The van der Waals surface area contributed by atoms with Crippen molar-refractivity contribution in [1.29, 1.82) is 5.26 Å². The maximum atomic E-state index is 12.1. The van der Waals surface area contributed by atoms with Crippen molar-refractivity contribution in [3.8, 4) is 6.07 Å². The number of carbonyl (C=O) groups is 1. The highest BCUT2D eigenvalue weighted by molar-refractivity contribution is 7.99. The van der Waals surface area contributed by atoms with E-state index in [-0.39, 0.29) is 11.7 Å². The van der Waals surface area contributed by atoms with E-state index in [4.69, 9.17) is 10.00 Å². The van der Waals surface area contributed by atoms with E-state index in [2.05, 4.69) is 20.4 Å². The van der Waals surface area contributed by atoms with Crippen LogP contribution in [0.1, 0.15) is 5.56 Å². The van der Waals surface area contributed by atoms with Crippen molar-refractivity contribution in [2.45, 2.75) is 5.16 Å². The molecule has 1 saturated heterocycles. The summed E-state index contributed by atoms with van der Waals surface area (Å²) in [6.07, 6.45) is 0. The number of hydrogen-bond donors (Lipinski definition) is 1. The second-order valence-corrected chi connectivity index (χ2v) is 6.41. The summed E-state index contributed by atoms with van der Waals surface area (Å²) in [7, 11) is 1.89. The van der Waals surface area contributed by atoms with Gasteiger partial charge in [-0.2, -0.15) is 5.26 Å². The van der Waals surface area contributed by atoms with Gasteiger partial charge in [0.15, 0.2) is 5.16 Å². The zero-order valence-corrected chi connectivity index (χ0v) is 14.6. The fourth-order valence-electron chi connectivity index (χ4n) is 2.47. The van der Waals surface area contributed by atoms with E-state index in [0.29, 0.717) is 29.6 Å². The molecule has 1 aliphatic heterocycles. The Balaban J connectivity index is 1.57. The van der Waals surface area contributed by atoms with Crippen LogP contribution in [0.2, 0.25) is 0 Å². The molecule has 0 spiro atoms. The van der Waals surface area contributed by atoms with Crippen LogP contribution < -0.4 is 10.2 Å². The first-order chi connectivity index (χ1) is 12.2. The average Bonchev–Trinajstić information content (AvgIpc) is 3.01. The highest BCUT2D eigenvalue weighted by atomic mass is 32.2. The van der Waals surface area contributed by atoms with Crippen LogP contribution >= 0.6 is 11.8 Å². The molecule has 1 amide bonds. The van der Waals surface area contributed by atoms with Gasteiger partial charge < -0.3 is 15.0 Å². The molecule has 1 aromatic carbocycles. The Kier molecular flexibility index (Phi) is 5.53. The molecule has 0 saturated carbocycles. The molecule has 2 heterocycles. The molecule has 0 aliphatic carbocycles. The molecule has 1 aromatic heterocycles. The molecular weight excluding hydrogens is 340 g/mol. The van der Waals surface area contributed by atoms with Crippen LogP contribution in [0, 0.1) is 11.3 Å². The van der Waals surface area contributed by atoms with Gasteiger partial charge >= 0.3 is 0 Å². The first-order valence-electron chi connectivity index (χ1n) is 7.82. The third-order valence-electron chi connectivity index (χ3n) is 3.71. The quantitative estimate of drug-likeness (QED) is 0.804. The number of aromatic nitrogens is 3. The minimum Gasteiger partial charge on any atom is -0.378 e. The van der Waals surface area contributed by atoms with Crippen LogP contribution in [0.4, 0.5) is 11.6 Å². The summed E-state index contributed by atoms with van der Waals surface area (Å²) in [6.45, 7) is 2.93. The number of hydrogen-bond acceptors (Lipinski definition) is 7. The minimum atomic E-state index is -0.156. The lowest BCUT2D eigenvalue weighted by Gasteiger charge is -2.27. The van der Waals surface area contributed by atoms with Crippen LogP contribution in [0.3, 0.4) is 0 Å². The zero-order valence-electron chi connectivity index (χ0n) is 13.8. The van der Waals surface area contributed by atoms with Gasteiger partial charge in [0.05, 0.1) is 30.6 Å². The van der Waals surface area contributed by atoms with E-state index >= 15 is 0 Å². The Hall–Kier alpha value is -2.57. The normalized spacial score (nSPS) is 14.2. The lowest BCUT2D eigenvalue weighted by Crippen LogP contribution is -2.37. The van der Waals surface area contributed by atoms with Crippen LogP contribution in [0.15, 0.2) is 29.4 Å². The molecule has 9 heteroatoms. The van der Waals surface area contributed by atoms with Crippen molar-refractivity contribution in [3.05, 3.63) is 29.8 Å². The number of nitrogens with zero attached hydrogens (tertiary/aromatic N) is 5. The van der Waals surface area contributed by atoms with Crippen molar-refractivity contribution >= 4 is 29.3 Å². The van der Waals surface area contributed by atoms with E-state index in [1.54, 1.807) is 24.3 Å². The Morgan fingerprint density at radius 3 is 2.96 bits per heavy atom. The van der Waals surface area contributed by atoms with Gasteiger partial charge in [-0.3, -0.25) is 9.36 Å². The third-order valence-corrected chi connectivity index (χ3v) is 4.73. The van der Waals surface area contributed by atoms with Gasteiger partial charge in [0.1, 0.15) is 0 Å². The number of nitrogens with one attached hydrogen (secondary N) is 1. The predicted molar refractivity (Wildman–Crippen MR) is 94.5 cm³/mol. The molecule has 130 valence electrons. The van der Waals surface area contributed by atoms with E-state index in [1.807, 2.05) is 17.7 Å². The number of amides is 1. The molecular formula is C16H18N6O2S. The van der Waals surface area contributed by atoms with Gasteiger partial charge in [-0.25, -0.2) is 0 Å². The van der Waals surface area contributed by atoms with Crippen LogP contribution in [-0.4, -0.2) is 52.7 Å². The Labute approximate surface area is 149 Å². The maximum Gasteiger partial charge on any atom is 0.234 e. The summed E-state index contributed by atoms with van der Waals surface area (Å²) in [5, 5.41) is 20.7. The van der Waals surface area contributed by atoms with Gasteiger partial charge in [0.2, 0.25) is 11.9 Å². The van der Waals surface area contributed by atoms with E-state index in [1.165, 1.54) is 11.8 Å². The standard InChI is InChI=1S/C16H18N6O2S/c1-21-15(22-5-7-24-8-6-22)19-20-16(21)25-11-14(23)18-13-4-2-3-12(9-13)10-17/h2-4,9H,5-8,11H2,1H3,(H,18,23). The zero-order chi connectivity index (χ0) is 17.6. The summed E-state index contributed by atoms with van der Waals surface area (Å²) >= 11 is 1.32. The van der Waals surface area contributed by atoms with Gasteiger partial charge in [-0.15, -0.1) is 10.2 Å². The van der Waals surface area contributed by atoms with Crippen molar-refractivity contribution in [2.75, 3.05) is 42.3 Å². The number of morpholine rings is 1. The number of carbonyl (C=O) groups excluding carboxylic acids is 1. The fourth-order valence-corrected chi connectivity index (χ4v) is 3.17. The number of nitriles is 1. The number of rotatable bonds is 5. The molecule has 1 fully saturated rings. The molecule has 0 radical (unpaired) electrons. The summed E-state index contributed by atoms with van der Waals surface area (Å²) in [4.78, 5) is 14.2. The van der Waals surface area contributed by atoms with E-state index < -0.39 is 0 Å². The van der Waals surface area contributed by atoms with Gasteiger partial charge in [0, 0.05) is 25.8 Å². The molecule has 1 N–H and O–H groups in total. The monoisotopic (exact) mass is 358 g/mol. The largest absolute Gasteiger partial charge is 0.378 e. The van der Waals surface area contributed by atoms with Crippen molar-refractivity contribution in [3.63, 3.8) is 0 Å². The molecule has 0 bridgehead atoms. The Bertz CT molecular complexity index is 794. The second kappa shape index (κ2) is 8.00. The predicted octanol–water partition coefficient (Wildman–Crippen LogP) is 1.25. The van der Waals surface area contributed by atoms with Crippen LogP contribution in [0.5, 0.6) is 0 Å². The highest BCUT2D eigenvalue weighted by Crippen LogP contribution is 2.21. The first-order valence-corrected chi connectivity index (χ1v) is 8.81. The lowest BCUT2D eigenvalue weighted by molar-refractivity contribution is -0.113. The first kappa shape index (κ1) is 17.3. The average molecular weight is 358 g/mol. The van der Waals surface area contributed by atoms with Crippen molar-refractivity contribution in [1.82, 2.24) is 14.8 Å². The lowest BCUT2D eigenvalue weighted by atomic mass is 10.2. The number of benzene rings is 1. The molecule has 8 nitrogen and oxygen atoms in total. The number of anilines is 2. The summed E-state index contributed by atoms with van der Waals surface area (Å²) in [6, 6.07) is 8.87. The molecule has 25 heavy (non-hydrogen) atoms. The topological polar surface area (TPSA) is 96.1 Å². The molecule has 3 rings (SSSR count). The number of ether oxygens (including phenoxy) is 1. The SMILES string of the molecule is Cn1c(SCC(=O)Nc2cccc(C#N)c2)nnc1N1CCOCC1. The minimum absolute atomic E-state index is 0.156. The maximum absolute atomic E-state index is 12.1. The van der Waals surface area contributed by atoms with Gasteiger partial charge in [-0.1, -0.05) is 17.8 Å². The van der Waals surface area contributed by atoms with Crippen LogP contribution in [-0.2, 0) is 16.6 Å². The fraction of sp³-hybridized carbons (Fsp3) is 0.375. The summed E-state index contributed by atoms with van der Waals surface area (Å²) in [5.74, 6) is 0.843. The van der Waals surface area contributed by atoms with Crippen molar-refractivity contribution < 1.29 is 9.53 Å². The smallest absolute Gasteiger partial charge is 0.234 e. The van der Waals surface area contributed by atoms with E-state index in [9.17, 15) is 4.79 Å². The summed E-state index contributed by atoms with van der Waals surface area (Å²) < 4.78 is 7.23. The molecule has 1 aliphatic rings. The van der Waals surface area contributed by atoms with E-state index in [0.717, 1.165) is 19.0 Å². The molecule has 0 atom stereocenters. The highest BCUT2D eigenvalue weighted by Gasteiger charge is 2.19. The van der Waals surface area contributed by atoms with Gasteiger partial charge in [-0.05, 0) is 18.2 Å². The second-order valence-electron chi connectivity index (χ2n) is 5.47. The van der Waals surface area contributed by atoms with Gasteiger partial charge in [0.25, 0.3) is 0 Å². The Morgan fingerprint density at radius 2 is 2.20 bits per heavy atom. The van der Waals surface area contributed by atoms with Crippen LogP contribution in [0.25, 0.3) is 0 Å².